The minimum absolute atomic E-state index is 0.0270. The van der Waals surface area contributed by atoms with Crippen LogP contribution in [0.4, 0.5) is 0 Å². The predicted molar refractivity (Wildman–Crippen MR) is 74.7 cm³/mol. The van der Waals surface area contributed by atoms with E-state index in [2.05, 4.69) is 54.4 Å². The normalized spacial score (nSPS) is 10.4. The summed E-state index contributed by atoms with van der Waals surface area (Å²) in [6.45, 7) is 6.07. The molecule has 0 radical (unpaired) electrons. The molecule has 0 aliphatic rings. The van der Waals surface area contributed by atoms with E-state index in [-0.39, 0.29) is 5.56 Å². The number of hydrogen-bond donors (Lipinski definition) is 2. The lowest BCUT2D eigenvalue weighted by atomic mass is 10.0. The lowest BCUT2D eigenvalue weighted by molar-refractivity contribution is 1.02. The molecule has 2 N–H and O–H groups in total. The van der Waals surface area contributed by atoms with E-state index < -0.39 is 0 Å². The van der Waals surface area contributed by atoms with Crippen LogP contribution in [0.1, 0.15) is 36.2 Å². The van der Waals surface area contributed by atoms with E-state index in [1.54, 1.807) is 0 Å². The van der Waals surface area contributed by atoms with Crippen LogP contribution in [0.25, 0.3) is 6.08 Å². The number of rotatable bonds is 3. The Bertz CT molecular complexity index is 611. The summed E-state index contributed by atoms with van der Waals surface area (Å²) < 4.78 is 0. The van der Waals surface area contributed by atoms with Crippen LogP contribution in [-0.4, -0.2) is 10.2 Å². The molecule has 3 nitrogen and oxygen atoms in total. The molecule has 2 aromatic rings. The standard InChI is InChI=1S/C15H18N2O/c1-10(2)8-12-4-6-13(7-5-12)9-14-11(3)16-17-15(14)18/h4-8H,9H2,1-3H3,(H2,16,17,18). The van der Waals surface area contributed by atoms with Crippen LogP contribution in [0.15, 0.2) is 34.6 Å². The average Bonchev–Trinajstić information content (AvgIpc) is 2.63. The van der Waals surface area contributed by atoms with Crippen molar-refractivity contribution >= 4 is 6.08 Å². The highest BCUT2D eigenvalue weighted by molar-refractivity contribution is 5.52. The van der Waals surface area contributed by atoms with Crippen molar-refractivity contribution in [2.24, 2.45) is 0 Å². The number of aromatic amines is 2. The quantitative estimate of drug-likeness (QED) is 0.854. The third-order valence-corrected chi connectivity index (χ3v) is 2.91. The van der Waals surface area contributed by atoms with Gasteiger partial charge < -0.3 is 5.10 Å². The zero-order chi connectivity index (χ0) is 13.1. The number of aromatic nitrogens is 2. The number of hydrogen-bond acceptors (Lipinski definition) is 1. The number of H-pyrrole nitrogens is 2. The van der Waals surface area contributed by atoms with Gasteiger partial charge in [-0.2, -0.15) is 0 Å². The monoisotopic (exact) mass is 242 g/mol. The summed E-state index contributed by atoms with van der Waals surface area (Å²) in [5.41, 5.74) is 5.31. The predicted octanol–water partition coefficient (Wildman–Crippen LogP) is 3.03. The van der Waals surface area contributed by atoms with Crippen molar-refractivity contribution in [3.63, 3.8) is 0 Å². The van der Waals surface area contributed by atoms with Gasteiger partial charge in [0.05, 0.1) is 0 Å². The maximum atomic E-state index is 11.6. The van der Waals surface area contributed by atoms with Crippen LogP contribution in [-0.2, 0) is 6.42 Å². The molecule has 1 aromatic carbocycles. The van der Waals surface area contributed by atoms with Gasteiger partial charge in [-0.25, -0.2) is 0 Å². The summed E-state index contributed by atoms with van der Waals surface area (Å²) in [4.78, 5) is 11.6. The maximum Gasteiger partial charge on any atom is 0.267 e. The Labute approximate surface area is 107 Å². The molecule has 0 atom stereocenters. The Morgan fingerprint density at radius 2 is 1.83 bits per heavy atom. The second kappa shape index (κ2) is 5.08. The molecule has 18 heavy (non-hydrogen) atoms. The first-order valence-electron chi connectivity index (χ1n) is 6.06. The molecular formula is C15H18N2O. The minimum atomic E-state index is -0.0270. The van der Waals surface area contributed by atoms with Gasteiger partial charge in [0, 0.05) is 17.7 Å². The van der Waals surface area contributed by atoms with Crippen molar-refractivity contribution in [3.8, 4) is 0 Å². The minimum Gasteiger partial charge on any atom is -0.302 e. The first-order chi connectivity index (χ1) is 8.56. The molecule has 94 valence electrons. The van der Waals surface area contributed by atoms with Crippen LogP contribution in [0.2, 0.25) is 0 Å². The van der Waals surface area contributed by atoms with Crippen LogP contribution in [0.3, 0.4) is 0 Å². The van der Waals surface area contributed by atoms with Crippen LogP contribution in [0, 0.1) is 6.92 Å². The van der Waals surface area contributed by atoms with E-state index in [4.69, 9.17) is 0 Å². The highest BCUT2D eigenvalue weighted by atomic mass is 16.1. The third-order valence-electron chi connectivity index (χ3n) is 2.91. The second-order valence-electron chi connectivity index (χ2n) is 4.82. The van der Waals surface area contributed by atoms with E-state index >= 15 is 0 Å². The first-order valence-corrected chi connectivity index (χ1v) is 6.06. The Hall–Kier alpha value is -2.03. The molecule has 0 saturated carbocycles. The Balaban J connectivity index is 2.21. The van der Waals surface area contributed by atoms with Crippen molar-refractivity contribution in [2.45, 2.75) is 27.2 Å². The van der Waals surface area contributed by atoms with Crippen molar-refractivity contribution in [1.29, 1.82) is 0 Å². The average molecular weight is 242 g/mol. The molecule has 0 saturated heterocycles. The van der Waals surface area contributed by atoms with Gasteiger partial charge in [0.25, 0.3) is 5.56 Å². The summed E-state index contributed by atoms with van der Waals surface area (Å²) in [5, 5.41) is 5.45. The van der Waals surface area contributed by atoms with Crippen LogP contribution >= 0.6 is 0 Å². The number of allylic oxidation sites excluding steroid dienone is 1. The summed E-state index contributed by atoms with van der Waals surface area (Å²) in [5.74, 6) is 0. The van der Waals surface area contributed by atoms with Crippen LogP contribution < -0.4 is 5.56 Å². The Morgan fingerprint density at radius 3 is 2.33 bits per heavy atom. The fourth-order valence-electron chi connectivity index (χ4n) is 1.95. The number of nitrogens with one attached hydrogen (secondary N) is 2. The topological polar surface area (TPSA) is 48.6 Å². The van der Waals surface area contributed by atoms with Gasteiger partial charge in [-0.3, -0.25) is 9.89 Å². The highest BCUT2D eigenvalue weighted by Gasteiger charge is 2.06. The van der Waals surface area contributed by atoms with Gasteiger partial charge in [-0.05, 0) is 31.9 Å². The second-order valence-corrected chi connectivity index (χ2v) is 4.82. The van der Waals surface area contributed by atoms with Crippen molar-refractivity contribution in [2.75, 3.05) is 0 Å². The lowest BCUT2D eigenvalue weighted by Crippen LogP contribution is -2.06. The zero-order valence-electron chi connectivity index (χ0n) is 11.0. The molecule has 0 aliphatic carbocycles. The van der Waals surface area contributed by atoms with Crippen molar-refractivity contribution < 1.29 is 0 Å². The van der Waals surface area contributed by atoms with Gasteiger partial charge >= 0.3 is 0 Å². The van der Waals surface area contributed by atoms with Crippen LogP contribution in [0.5, 0.6) is 0 Å². The summed E-state index contributed by atoms with van der Waals surface area (Å²) >= 11 is 0. The molecule has 3 heteroatoms. The smallest absolute Gasteiger partial charge is 0.267 e. The molecular weight excluding hydrogens is 224 g/mol. The molecule has 2 rings (SSSR count). The molecule has 0 bridgehead atoms. The largest absolute Gasteiger partial charge is 0.302 e. The van der Waals surface area contributed by atoms with E-state index in [0.717, 1.165) is 16.8 Å². The van der Waals surface area contributed by atoms with Crippen molar-refractivity contribution in [3.05, 3.63) is 62.6 Å². The molecule has 1 aromatic heterocycles. The molecule has 0 aliphatic heterocycles. The molecule has 0 spiro atoms. The zero-order valence-corrected chi connectivity index (χ0v) is 11.0. The SMILES string of the molecule is CC(C)=Cc1ccc(Cc2c(C)[nH][nH]c2=O)cc1. The molecule has 1 heterocycles. The Kier molecular flexibility index (Phi) is 3.51. The van der Waals surface area contributed by atoms with Gasteiger partial charge in [-0.1, -0.05) is 35.9 Å². The van der Waals surface area contributed by atoms with Gasteiger partial charge in [0.1, 0.15) is 0 Å². The molecule has 0 amide bonds. The van der Waals surface area contributed by atoms with E-state index in [1.807, 2.05) is 6.92 Å². The highest BCUT2D eigenvalue weighted by Crippen LogP contribution is 2.12. The lowest BCUT2D eigenvalue weighted by Gasteiger charge is -2.01. The van der Waals surface area contributed by atoms with Crippen molar-refractivity contribution in [1.82, 2.24) is 10.2 Å². The number of benzene rings is 1. The van der Waals surface area contributed by atoms with Gasteiger partial charge in [0.2, 0.25) is 0 Å². The summed E-state index contributed by atoms with van der Waals surface area (Å²) in [7, 11) is 0. The van der Waals surface area contributed by atoms with E-state index in [1.165, 1.54) is 11.1 Å². The van der Waals surface area contributed by atoms with Gasteiger partial charge in [-0.15, -0.1) is 0 Å². The fraction of sp³-hybridized carbons (Fsp3) is 0.267. The van der Waals surface area contributed by atoms with E-state index in [0.29, 0.717) is 6.42 Å². The molecule has 0 fully saturated rings. The summed E-state index contributed by atoms with van der Waals surface area (Å²) in [6.07, 6.45) is 2.80. The fourth-order valence-corrected chi connectivity index (χ4v) is 1.95. The first kappa shape index (κ1) is 12.4. The molecule has 0 unspecified atom stereocenters. The maximum absolute atomic E-state index is 11.6. The number of aryl methyl sites for hydroxylation is 1. The third kappa shape index (κ3) is 2.80. The van der Waals surface area contributed by atoms with E-state index in [9.17, 15) is 4.79 Å². The Morgan fingerprint density at radius 1 is 1.17 bits per heavy atom. The summed E-state index contributed by atoms with van der Waals surface area (Å²) in [6, 6.07) is 8.30. The van der Waals surface area contributed by atoms with Gasteiger partial charge in [0.15, 0.2) is 0 Å².